The first-order valence-electron chi connectivity index (χ1n) is 0.596. The maximum atomic E-state index is 9.00. The lowest BCUT2D eigenvalue weighted by Gasteiger charge is -1.16. The van der Waals surface area contributed by atoms with Gasteiger partial charge in [-0.15, -0.1) is 4.48 Å². The van der Waals surface area contributed by atoms with Gasteiger partial charge in [-0.1, -0.05) is 29.7 Å². The lowest BCUT2D eigenvalue weighted by molar-refractivity contribution is 0.530. The summed E-state index contributed by atoms with van der Waals surface area (Å²) < 4.78 is 22.0. The Morgan fingerprint density at radius 3 is 1.00 bits per heavy atom. The fourth-order valence-corrected chi connectivity index (χ4v) is 0. The Hall–Kier alpha value is -0.180. The summed E-state index contributed by atoms with van der Waals surface area (Å²) in [5.41, 5.74) is 0. The molecule has 0 amide bonds. The Bertz CT molecular complexity index is 14.0. The first-order valence-corrected chi connectivity index (χ1v) is 0.218. The highest BCUT2D eigenvalue weighted by molar-refractivity contribution is 2.84. The van der Waals surface area contributed by atoms with Crippen LogP contribution in [0.4, 0.5) is 9.20 Å². The molecular weight excluding hydrogens is 100 g/mol. The van der Waals surface area contributed by atoms with E-state index in [1.54, 1.807) is 0 Å². The average molecular weight is 121 g/mol. The van der Waals surface area contributed by atoms with Gasteiger partial charge in [-0.25, -0.2) is 0 Å². The normalized spacial score (nSPS) is 1.86. The van der Waals surface area contributed by atoms with Crippen molar-refractivity contribution in [1.82, 2.24) is 0 Å². The minimum absolute atomic E-state index is 0. The molecule has 0 rings (SSSR count). The molecule has 0 aliphatic rings. The maximum absolute atomic E-state index is 9.00. The van der Waals surface area contributed by atoms with Crippen LogP contribution >= 0.6 is 0 Å². The largest absolute Gasteiger partial charge is 0.269 e. The lowest BCUT2D eigenvalue weighted by atomic mass is 12.0. The number of nitrogens with two attached hydrogens (primary N) is 1. The zero-order chi connectivity index (χ0) is 4.00. The number of rotatable bonds is 0. The molecule has 1 nitrogen and oxygen atoms in total. The zero-order valence-corrected chi connectivity index (χ0v) is 1.33. The van der Waals surface area contributed by atoms with Gasteiger partial charge in [0.1, 0.15) is 0 Å². The van der Waals surface area contributed by atoms with E-state index in [1.165, 1.54) is 0 Å². The number of hydrogen-bond donors (Lipinski definition) is 1. The Kier molecular flexibility index (Phi) is 41600. The van der Waals surface area contributed by atoms with E-state index in [0.29, 0.717) is 0 Å². The first-order chi connectivity index (χ1) is 2.00. The van der Waals surface area contributed by atoms with Crippen molar-refractivity contribution in [2.45, 2.75) is 29.7 Å². The summed E-state index contributed by atoms with van der Waals surface area (Å²) in [4.78, 5) is 0. The molecule has 0 bridgehead atoms. The Morgan fingerprint density at radius 1 is 1.00 bits per heavy atom. The van der Waals surface area contributed by atoms with Gasteiger partial charge >= 0.3 is 0 Å². The highest BCUT2D eigenvalue weighted by Crippen LogP contribution is 0.933. The monoisotopic (exact) mass is 121 g/mol. The van der Waals surface area contributed by atoms with Crippen molar-refractivity contribution in [2.75, 3.05) is 0 Å². The smallest absolute Gasteiger partial charge is 0.269 e. The fourth-order valence-electron chi connectivity index (χ4n) is 0. The second-order valence-corrected chi connectivity index (χ2v) is 0. The van der Waals surface area contributed by atoms with Crippen molar-refractivity contribution in [3.05, 3.63) is 0 Å². The predicted molar refractivity (Wildman–Crippen MR) is 34.7 cm³/mol. The summed E-state index contributed by atoms with van der Waals surface area (Å²) in [7, 11) is 0. The third-order valence-electron chi connectivity index (χ3n) is 0. The van der Waals surface area contributed by atoms with Crippen LogP contribution in [-0.4, -0.2) is 1.45 Å². The van der Waals surface area contributed by atoms with E-state index < -0.39 is 0 Å². The van der Waals surface area contributed by atoms with Crippen LogP contribution in [0.1, 0.15) is 29.7 Å². The fraction of sp³-hybridized carbons (Fsp3) is 1.00. The highest BCUT2D eigenvalue weighted by Gasteiger charge is 0.844. The summed E-state index contributed by atoms with van der Waals surface area (Å²) in [5.74, 6) is 3.00. The predicted octanol–water partition coefficient (Wildman–Crippen LogP) is 2.53. The molecular formula is C4H19F2N. The molecule has 0 radical (unpaired) electrons. The van der Waals surface area contributed by atoms with Gasteiger partial charge in [0, 0.05) is 0 Å². The summed E-state index contributed by atoms with van der Waals surface area (Å²) in [6.07, 6.45) is 0. The molecule has 0 aromatic rings. The van der Waals surface area contributed by atoms with Crippen LogP contribution < -0.4 is 5.96 Å². The second-order valence-electron chi connectivity index (χ2n) is 0. The SMILES string of the molecule is C.C.C.C.NF.[3H]F. The maximum Gasteiger partial charge on any atom is 0.269 e. The van der Waals surface area contributed by atoms with E-state index in [1.807, 2.05) is 0 Å². The van der Waals surface area contributed by atoms with Crippen molar-refractivity contribution in [3.8, 4) is 0 Å². The number of halogens is 2. The molecule has 0 aromatic carbocycles. The van der Waals surface area contributed by atoms with Gasteiger partial charge in [-0.05, 0) is 0 Å². The van der Waals surface area contributed by atoms with Crippen LogP contribution in [0.3, 0.4) is 0 Å². The van der Waals surface area contributed by atoms with Crippen molar-refractivity contribution in [3.63, 3.8) is 0 Å². The molecule has 54 valence electrons. The molecule has 0 saturated carbocycles. The zero-order valence-electron chi connectivity index (χ0n) is 2.33. The van der Waals surface area contributed by atoms with Crippen molar-refractivity contribution in [2.24, 2.45) is 5.96 Å². The van der Waals surface area contributed by atoms with Gasteiger partial charge in [0.2, 0.25) is 0 Å². The molecule has 0 spiro atoms. The average Bonchev–Trinajstić information content (AvgIpc) is 1.50. The Balaban J connectivity index is -0.00000000167. The minimum Gasteiger partial charge on any atom is -0.269 e. The van der Waals surface area contributed by atoms with E-state index in [2.05, 4.69) is 7.41 Å². The number of hydrogen-bond acceptors (Lipinski definition) is 1. The Labute approximate surface area is 47.5 Å². The van der Waals surface area contributed by atoms with Crippen LogP contribution in [0.15, 0.2) is 0 Å². The van der Waals surface area contributed by atoms with Crippen molar-refractivity contribution < 1.29 is 9.20 Å². The van der Waals surface area contributed by atoms with Crippen molar-refractivity contribution >= 4 is 0 Å². The van der Waals surface area contributed by atoms with E-state index >= 15 is 0 Å². The molecule has 0 aliphatic carbocycles. The molecule has 0 atom stereocenters. The van der Waals surface area contributed by atoms with Crippen LogP contribution in [0.2, 0.25) is 0 Å². The molecule has 0 aromatic heterocycles. The van der Waals surface area contributed by atoms with Gasteiger partial charge in [0.15, 0.2) is 0 Å². The highest BCUT2D eigenvalue weighted by atomic mass is 19.2. The Morgan fingerprint density at radius 2 is 1.00 bits per heavy atom. The summed E-state index contributed by atoms with van der Waals surface area (Å²) in [6.45, 7) is 0. The van der Waals surface area contributed by atoms with Gasteiger partial charge in [-0.2, -0.15) is 5.96 Å². The van der Waals surface area contributed by atoms with Gasteiger partial charge in [-0.3, -0.25) is 4.72 Å². The summed E-state index contributed by atoms with van der Waals surface area (Å²) >= 11 is 0. The van der Waals surface area contributed by atoms with Crippen LogP contribution in [-0.2, 0) is 0 Å². The third kappa shape index (κ3) is 2620. The van der Waals surface area contributed by atoms with E-state index in [4.69, 9.17) is 9.20 Å². The molecule has 3 heteroatoms. The van der Waals surface area contributed by atoms with Crippen molar-refractivity contribution in [1.29, 1.82) is 1.45 Å². The second kappa shape index (κ2) is 4170. The van der Waals surface area contributed by atoms with Gasteiger partial charge < -0.3 is 0 Å². The standard InChI is InChI=1S/4CH4.FH2N.FH/c;;;;1-2;/h4*1H4;2H2;1H/i/hT. The first kappa shape index (κ1) is 69.7. The van der Waals surface area contributed by atoms with Gasteiger partial charge in [0.25, 0.3) is 1.45 Å². The lowest BCUT2D eigenvalue weighted by Crippen LogP contribution is -1.53. The third-order valence-corrected chi connectivity index (χ3v) is 0. The minimum atomic E-state index is 0. The topological polar surface area (TPSA) is 26.0 Å². The molecule has 0 saturated heterocycles. The van der Waals surface area contributed by atoms with Crippen LogP contribution in [0, 0.1) is 0 Å². The van der Waals surface area contributed by atoms with E-state index in [-0.39, 0.29) is 29.7 Å². The van der Waals surface area contributed by atoms with Gasteiger partial charge in [0.05, 0.1) is 0 Å². The van der Waals surface area contributed by atoms with E-state index in [0.717, 1.165) is 0 Å². The molecule has 0 fully saturated rings. The van der Waals surface area contributed by atoms with Crippen LogP contribution in [0.25, 0.3) is 0 Å². The molecule has 0 unspecified atom stereocenters. The molecule has 2 N–H and O–H groups in total. The summed E-state index contributed by atoms with van der Waals surface area (Å²) in [5, 5.41) is 0. The quantitative estimate of drug-likeness (QED) is 0.490. The molecule has 7 heavy (non-hydrogen) atoms. The molecule has 0 heterocycles. The van der Waals surface area contributed by atoms with Crippen LogP contribution in [0.5, 0.6) is 0 Å². The van der Waals surface area contributed by atoms with E-state index in [9.17, 15) is 0 Å². The summed E-state index contributed by atoms with van der Waals surface area (Å²) in [6, 6.07) is 0. The molecule has 0 aliphatic heterocycles.